The molecule has 0 radical (unpaired) electrons. The monoisotopic (exact) mass is 1430 g/mol. The summed E-state index contributed by atoms with van der Waals surface area (Å²) in [6, 6.07) is 0. The lowest BCUT2D eigenvalue weighted by Gasteiger charge is -2.42. The zero-order chi connectivity index (χ0) is 70.0. The molecule has 4 fully saturated rings. The molecule has 0 N–H and O–H groups in total. The Labute approximate surface area is 608 Å². The minimum absolute atomic E-state index is 0.0364. The third-order valence-corrected chi connectivity index (χ3v) is 40.5. The molecule has 4 aliphatic carbocycles. The number of rotatable bonds is 60. The van der Waals surface area contributed by atoms with Gasteiger partial charge in [0.05, 0.1) is 49.3 Å². The van der Waals surface area contributed by atoms with Crippen LogP contribution < -0.4 is 9.79 Å². The average molecular weight is 1430 g/mol. The normalized spacial score (nSPS) is 16.6. The van der Waals surface area contributed by atoms with Crippen molar-refractivity contribution in [3.63, 3.8) is 0 Å². The third kappa shape index (κ3) is 50.6. The number of hydrogen-bond acceptors (Lipinski definition) is 4. The summed E-state index contributed by atoms with van der Waals surface area (Å²) in [6.45, 7) is 18.8. The zero-order valence-electron chi connectivity index (χ0n) is 67.5. The molecule has 96 heavy (non-hydrogen) atoms. The fourth-order valence-corrected chi connectivity index (χ4v) is 32.9. The lowest BCUT2D eigenvalue weighted by atomic mass is 10.00. The van der Waals surface area contributed by atoms with E-state index in [1.807, 2.05) is 0 Å². The highest BCUT2D eigenvalue weighted by Gasteiger charge is 2.37. The standard InChI is InChI=1S/2C32H68P.2C12H23O2P/c2*1-5-9-13-17-18-19-20-21-22-23-24-28-32-33(29-25-14-10-6-2,30-26-15-11-7-3)31-27-16-12-8-4;2*13-15(14,11-7-3-1-4-8-11)12-9-5-2-6-10-12/h2*5-32H2,1-4H3;2*11-12H,1-10H2,(H,13,14)/q2*+1;;/p-2. The molecule has 576 valence electrons. The summed E-state index contributed by atoms with van der Waals surface area (Å²) in [5, 5.41) is 0. The van der Waals surface area contributed by atoms with Crippen molar-refractivity contribution < 1.29 is 18.9 Å². The molecule has 4 rings (SSSR count). The first-order valence-electron chi connectivity index (χ1n) is 45.2. The van der Waals surface area contributed by atoms with Gasteiger partial charge in [0.15, 0.2) is 0 Å². The zero-order valence-corrected chi connectivity index (χ0v) is 71.0. The van der Waals surface area contributed by atoms with E-state index in [1.165, 1.54) is 283 Å². The first-order chi connectivity index (χ1) is 46.9. The SMILES string of the molecule is CCCCCCCCCCCCCC[P+](CCCCCC)(CCCCCC)CCCCCC.CCCCCCCCCCCCCC[P+](CCCCCC)(CCCCCC)CCCCCC.O=P([O-])(C1CCCCC1)C1CCCCC1.O=P([O-])(C1CCCCC1)C1CCCCC1. The van der Waals surface area contributed by atoms with Gasteiger partial charge in [0.1, 0.15) is 0 Å². The molecule has 4 aliphatic rings. The Morgan fingerprint density at radius 3 is 0.448 bits per heavy atom. The van der Waals surface area contributed by atoms with Crippen molar-refractivity contribution in [3.05, 3.63) is 0 Å². The van der Waals surface area contributed by atoms with Crippen LogP contribution in [0.3, 0.4) is 0 Å². The fraction of sp³-hybridized carbons (Fsp3) is 1.00. The molecule has 0 unspecified atom stereocenters. The van der Waals surface area contributed by atoms with Crippen molar-refractivity contribution in [2.45, 2.75) is 515 Å². The maximum Gasteiger partial charge on any atom is 0.0594 e. The van der Waals surface area contributed by atoms with Gasteiger partial charge in [-0.25, -0.2) is 0 Å². The maximum absolute atomic E-state index is 12.4. The van der Waals surface area contributed by atoms with E-state index in [4.69, 9.17) is 0 Å². The molecule has 0 spiro atoms. The molecule has 0 aromatic carbocycles. The molecule has 8 heteroatoms. The van der Waals surface area contributed by atoms with Crippen molar-refractivity contribution in [1.29, 1.82) is 0 Å². The van der Waals surface area contributed by atoms with Gasteiger partial charge in [-0.3, -0.25) is 0 Å². The average Bonchev–Trinajstić information content (AvgIpc) is 0.867. The van der Waals surface area contributed by atoms with Crippen molar-refractivity contribution in [3.8, 4) is 0 Å². The van der Waals surface area contributed by atoms with E-state index >= 15 is 0 Å². The summed E-state index contributed by atoms with van der Waals surface area (Å²) in [6.07, 6.45) is 106. The summed E-state index contributed by atoms with van der Waals surface area (Å²) in [5.74, 6) is 0. The molecule has 0 aromatic heterocycles. The van der Waals surface area contributed by atoms with Crippen LogP contribution in [-0.2, 0) is 9.13 Å². The Bertz CT molecular complexity index is 1440. The molecule has 0 saturated heterocycles. The maximum atomic E-state index is 12.4. The van der Waals surface area contributed by atoms with Crippen LogP contribution in [0, 0.1) is 0 Å². The van der Waals surface area contributed by atoms with E-state index in [0.717, 1.165) is 103 Å². The fourth-order valence-electron chi connectivity index (χ4n) is 17.5. The van der Waals surface area contributed by atoms with Gasteiger partial charge in [-0.05, 0) is 154 Å². The van der Waals surface area contributed by atoms with E-state index in [1.54, 1.807) is 101 Å². The molecule has 0 aliphatic heterocycles. The summed E-state index contributed by atoms with van der Waals surface area (Å²) >= 11 is 0. The Balaban J connectivity index is 0.000000677. The highest BCUT2D eigenvalue weighted by molar-refractivity contribution is 7.76. The molecule has 0 atom stereocenters. The molecule has 0 amide bonds. The van der Waals surface area contributed by atoms with Gasteiger partial charge >= 0.3 is 0 Å². The van der Waals surface area contributed by atoms with Gasteiger partial charge in [0.25, 0.3) is 0 Å². The second-order valence-corrected chi connectivity index (χ2v) is 47.5. The molecular formula is C88H180O4P4. The Hall–Kier alpha value is 1.24. The van der Waals surface area contributed by atoms with Crippen molar-refractivity contribution in [1.82, 2.24) is 0 Å². The molecular weight excluding hydrogens is 1240 g/mol. The van der Waals surface area contributed by atoms with Crippen LogP contribution in [0.25, 0.3) is 0 Å². The molecule has 4 saturated carbocycles. The van der Waals surface area contributed by atoms with Crippen LogP contribution in [0.15, 0.2) is 0 Å². The Morgan fingerprint density at radius 1 is 0.198 bits per heavy atom. The van der Waals surface area contributed by atoms with Crippen LogP contribution in [-0.4, -0.2) is 71.9 Å². The second kappa shape index (κ2) is 68.1. The molecule has 0 heterocycles. The predicted molar refractivity (Wildman–Crippen MR) is 442 cm³/mol. The number of unbranched alkanes of at least 4 members (excludes halogenated alkanes) is 40. The predicted octanol–water partition coefficient (Wildman–Crippen LogP) is 31.5. The van der Waals surface area contributed by atoms with Gasteiger partial charge in [-0.2, -0.15) is 0 Å². The molecule has 4 nitrogen and oxygen atoms in total. The summed E-state index contributed by atoms with van der Waals surface area (Å²) in [5.41, 5.74) is 0.146. The van der Waals surface area contributed by atoms with E-state index in [-0.39, 0.29) is 22.6 Å². The summed E-state index contributed by atoms with van der Waals surface area (Å²) < 4.78 is 24.7. The van der Waals surface area contributed by atoms with Crippen molar-refractivity contribution in [2.75, 3.05) is 49.3 Å². The third-order valence-electron chi connectivity index (χ3n) is 24.2. The smallest absolute Gasteiger partial charge is 0.0594 e. The molecule has 0 bridgehead atoms. The van der Waals surface area contributed by atoms with Crippen LogP contribution in [0.4, 0.5) is 0 Å². The quantitative estimate of drug-likeness (QED) is 0.0449. The second-order valence-electron chi connectivity index (χ2n) is 33.1. The van der Waals surface area contributed by atoms with Gasteiger partial charge in [-0.15, -0.1) is 0 Å². The Kier molecular flexibility index (Phi) is 67.5. The van der Waals surface area contributed by atoms with E-state index in [9.17, 15) is 18.9 Å². The van der Waals surface area contributed by atoms with Gasteiger partial charge in [-0.1, -0.05) is 338 Å². The van der Waals surface area contributed by atoms with E-state index in [2.05, 4.69) is 55.4 Å². The van der Waals surface area contributed by atoms with Crippen LogP contribution >= 0.6 is 29.3 Å². The summed E-state index contributed by atoms with van der Waals surface area (Å²) in [4.78, 5) is 24.7. The van der Waals surface area contributed by atoms with E-state index in [0.29, 0.717) is 0 Å². The molecule has 0 aromatic rings. The van der Waals surface area contributed by atoms with Crippen molar-refractivity contribution >= 4 is 29.3 Å². The number of hydrogen-bond donors (Lipinski definition) is 0. The largest absolute Gasteiger partial charge is 0.799 e. The summed E-state index contributed by atoms with van der Waals surface area (Å²) in [7, 11) is -7.58. The van der Waals surface area contributed by atoms with Crippen LogP contribution in [0.2, 0.25) is 0 Å². The first kappa shape index (κ1) is 95.3. The lowest BCUT2D eigenvalue weighted by molar-refractivity contribution is -0.182. The van der Waals surface area contributed by atoms with Gasteiger partial charge in [0, 0.05) is 51.9 Å². The highest BCUT2D eigenvalue weighted by Crippen LogP contribution is 2.63. The van der Waals surface area contributed by atoms with Gasteiger partial charge in [0.2, 0.25) is 0 Å². The first-order valence-corrected chi connectivity index (χ1v) is 53.8. The van der Waals surface area contributed by atoms with E-state index < -0.39 is 29.3 Å². The topological polar surface area (TPSA) is 80.3 Å². The van der Waals surface area contributed by atoms with Crippen LogP contribution in [0.1, 0.15) is 492 Å². The lowest BCUT2D eigenvalue weighted by Crippen LogP contribution is -2.29. The minimum Gasteiger partial charge on any atom is -0.799 e. The van der Waals surface area contributed by atoms with Gasteiger partial charge < -0.3 is 18.9 Å². The van der Waals surface area contributed by atoms with Crippen molar-refractivity contribution in [2.24, 2.45) is 0 Å². The Morgan fingerprint density at radius 2 is 0.312 bits per heavy atom. The minimum atomic E-state index is -3.09. The highest BCUT2D eigenvalue weighted by atomic mass is 31.2. The van der Waals surface area contributed by atoms with Crippen LogP contribution in [0.5, 0.6) is 0 Å².